The van der Waals surface area contributed by atoms with Crippen LogP contribution in [0.1, 0.15) is 19.3 Å². The Labute approximate surface area is 50.0 Å². The fourth-order valence-corrected chi connectivity index (χ4v) is 1.42. The first-order chi connectivity index (χ1) is 3.81. The van der Waals surface area contributed by atoms with Crippen LogP contribution < -0.4 is 0 Å². The third kappa shape index (κ3) is 0.576. The number of hydrogen-bond acceptors (Lipinski definition) is 1. The highest BCUT2D eigenvalue weighted by atomic mass is 16.5. The smallest absolute Gasteiger partial charge is 0.0582 e. The summed E-state index contributed by atoms with van der Waals surface area (Å²) in [6.07, 6.45) is 4.29. The molecule has 1 heteroatoms. The summed E-state index contributed by atoms with van der Waals surface area (Å²) in [5.41, 5.74) is 0.631. The van der Waals surface area contributed by atoms with E-state index in [1.165, 1.54) is 19.3 Å². The summed E-state index contributed by atoms with van der Waals surface area (Å²) in [6.45, 7) is 4.84. The molecule has 2 aliphatic rings. The van der Waals surface area contributed by atoms with Gasteiger partial charge in [0.1, 0.15) is 0 Å². The van der Waals surface area contributed by atoms with Crippen LogP contribution in [0.15, 0.2) is 0 Å². The van der Waals surface area contributed by atoms with E-state index in [0.717, 1.165) is 6.61 Å². The van der Waals surface area contributed by atoms with Gasteiger partial charge in [-0.25, -0.2) is 0 Å². The Morgan fingerprint density at radius 1 is 1.50 bits per heavy atom. The molecule has 1 aliphatic heterocycles. The van der Waals surface area contributed by atoms with E-state index in [4.69, 9.17) is 4.74 Å². The Morgan fingerprint density at radius 3 is 2.50 bits per heavy atom. The van der Waals surface area contributed by atoms with Crippen LogP contribution in [0.3, 0.4) is 0 Å². The van der Waals surface area contributed by atoms with E-state index in [9.17, 15) is 0 Å². The second kappa shape index (κ2) is 1.27. The molecule has 0 aromatic heterocycles. The lowest BCUT2D eigenvalue weighted by atomic mass is 10.0. The second-order valence-corrected chi connectivity index (χ2v) is 3.14. The normalized spacial score (nSPS) is 40.9. The molecule has 0 bridgehead atoms. The molecule has 1 aliphatic carbocycles. The van der Waals surface area contributed by atoms with Gasteiger partial charge < -0.3 is 4.74 Å². The average Bonchev–Trinajstić information content (AvgIpc) is 2.34. The highest BCUT2D eigenvalue weighted by Gasteiger charge is 2.48. The van der Waals surface area contributed by atoms with Crippen LogP contribution in [0.4, 0.5) is 0 Å². The molecule has 45 valence electrons. The molecule has 2 rings (SSSR count). The van der Waals surface area contributed by atoms with Crippen molar-refractivity contribution in [2.75, 3.05) is 6.61 Å². The van der Waals surface area contributed by atoms with Crippen LogP contribution >= 0.6 is 0 Å². The van der Waals surface area contributed by atoms with Crippen LogP contribution in [-0.4, -0.2) is 12.7 Å². The maximum absolute atomic E-state index is 5.32. The third-order valence-corrected chi connectivity index (χ3v) is 2.24. The van der Waals surface area contributed by atoms with Crippen molar-refractivity contribution in [1.82, 2.24) is 0 Å². The molecule has 0 aromatic carbocycles. The topological polar surface area (TPSA) is 9.23 Å². The molecule has 1 unspecified atom stereocenters. The van der Waals surface area contributed by atoms with Crippen LogP contribution in [0, 0.1) is 12.3 Å². The summed E-state index contributed by atoms with van der Waals surface area (Å²) < 4.78 is 5.32. The van der Waals surface area contributed by atoms with Crippen LogP contribution in [0.5, 0.6) is 0 Å². The number of hydrogen-bond donors (Lipinski definition) is 0. The molecule has 2 fully saturated rings. The van der Waals surface area contributed by atoms with E-state index in [-0.39, 0.29) is 0 Å². The van der Waals surface area contributed by atoms with E-state index < -0.39 is 0 Å². The SMILES string of the molecule is [CH2]C1CC2(CC2)CO1. The fraction of sp³-hybridized carbons (Fsp3) is 0.857. The molecule has 0 N–H and O–H groups in total. The summed E-state index contributed by atoms with van der Waals surface area (Å²) in [4.78, 5) is 0. The zero-order chi connectivity index (χ0) is 5.61. The van der Waals surface area contributed by atoms with Crippen molar-refractivity contribution < 1.29 is 4.74 Å². The van der Waals surface area contributed by atoms with E-state index in [0.29, 0.717) is 11.5 Å². The standard InChI is InChI=1S/C7H11O/c1-6-4-7(2-3-7)5-8-6/h6H,1-5H2. The maximum Gasteiger partial charge on any atom is 0.0582 e. The fourth-order valence-electron chi connectivity index (χ4n) is 1.42. The van der Waals surface area contributed by atoms with Crippen molar-refractivity contribution in [3.63, 3.8) is 0 Å². The minimum absolute atomic E-state index is 0.303. The monoisotopic (exact) mass is 111 g/mol. The molecule has 0 aromatic rings. The van der Waals surface area contributed by atoms with Gasteiger partial charge in [0, 0.05) is 0 Å². The van der Waals surface area contributed by atoms with Gasteiger partial charge in [-0.3, -0.25) is 0 Å². The molecular formula is C7H11O. The lowest BCUT2D eigenvalue weighted by molar-refractivity contribution is 0.135. The summed E-state index contributed by atoms with van der Waals surface area (Å²) in [5, 5.41) is 0. The first-order valence-electron chi connectivity index (χ1n) is 3.26. The Kier molecular flexibility index (Phi) is 0.762. The van der Waals surface area contributed by atoms with E-state index >= 15 is 0 Å². The highest BCUT2D eigenvalue weighted by Crippen LogP contribution is 2.53. The first kappa shape index (κ1) is 4.80. The quantitative estimate of drug-likeness (QED) is 0.459. The highest BCUT2D eigenvalue weighted by molar-refractivity contribution is 4.99. The van der Waals surface area contributed by atoms with Gasteiger partial charge >= 0.3 is 0 Å². The molecule has 1 nitrogen and oxygen atoms in total. The lowest BCUT2D eigenvalue weighted by Crippen LogP contribution is -1.97. The number of ether oxygens (including phenoxy) is 1. The number of rotatable bonds is 0. The van der Waals surface area contributed by atoms with Gasteiger partial charge in [-0.2, -0.15) is 0 Å². The Balaban J connectivity index is 2.03. The lowest BCUT2D eigenvalue weighted by Gasteiger charge is -1.97. The van der Waals surface area contributed by atoms with Gasteiger partial charge in [0.2, 0.25) is 0 Å². The van der Waals surface area contributed by atoms with Crippen LogP contribution in [0.25, 0.3) is 0 Å². The van der Waals surface area contributed by atoms with Crippen LogP contribution in [-0.2, 0) is 4.74 Å². The zero-order valence-electron chi connectivity index (χ0n) is 5.02. The van der Waals surface area contributed by atoms with Crippen molar-refractivity contribution in [3.05, 3.63) is 6.92 Å². The predicted octanol–water partition coefficient (Wildman–Crippen LogP) is 1.39. The first-order valence-corrected chi connectivity index (χ1v) is 3.26. The second-order valence-electron chi connectivity index (χ2n) is 3.14. The van der Waals surface area contributed by atoms with Gasteiger partial charge in [-0.1, -0.05) is 0 Å². The van der Waals surface area contributed by atoms with Crippen molar-refractivity contribution in [1.29, 1.82) is 0 Å². The van der Waals surface area contributed by atoms with E-state index in [2.05, 4.69) is 6.92 Å². The van der Waals surface area contributed by atoms with Crippen molar-refractivity contribution in [2.45, 2.75) is 25.4 Å². The Hall–Kier alpha value is -0.0400. The zero-order valence-corrected chi connectivity index (χ0v) is 5.02. The van der Waals surface area contributed by atoms with Gasteiger partial charge in [0.05, 0.1) is 12.7 Å². The molecular weight excluding hydrogens is 100 g/mol. The molecule has 1 radical (unpaired) electrons. The van der Waals surface area contributed by atoms with E-state index in [1.807, 2.05) is 0 Å². The minimum Gasteiger partial charge on any atom is -0.378 e. The summed E-state index contributed by atoms with van der Waals surface area (Å²) in [6, 6.07) is 0. The van der Waals surface area contributed by atoms with Gasteiger partial charge in [-0.05, 0) is 31.6 Å². The van der Waals surface area contributed by atoms with Crippen molar-refractivity contribution >= 4 is 0 Å². The average molecular weight is 111 g/mol. The molecule has 1 saturated heterocycles. The van der Waals surface area contributed by atoms with Crippen LogP contribution in [0.2, 0.25) is 0 Å². The minimum atomic E-state index is 0.303. The summed E-state index contributed by atoms with van der Waals surface area (Å²) in [7, 11) is 0. The molecule has 8 heavy (non-hydrogen) atoms. The molecule has 1 saturated carbocycles. The molecule has 1 atom stereocenters. The Bertz CT molecular complexity index is 105. The van der Waals surface area contributed by atoms with E-state index in [1.54, 1.807) is 0 Å². The molecule has 1 spiro atoms. The Morgan fingerprint density at radius 2 is 2.25 bits per heavy atom. The largest absolute Gasteiger partial charge is 0.378 e. The van der Waals surface area contributed by atoms with Gasteiger partial charge in [-0.15, -0.1) is 0 Å². The molecule has 0 amide bonds. The predicted molar refractivity (Wildman–Crippen MR) is 31.4 cm³/mol. The van der Waals surface area contributed by atoms with Crippen molar-refractivity contribution in [3.8, 4) is 0 Å². The van der Waals surface area contributed by atoms with Gasteiger partial charge in [0.15, 0.2) is 0 Å². The summed E-state index contributed by atoms with van der Waals surface area (Å²) >= 11 is 0. The molecule has 1 heterocycles. The third-order valence-electron chi connectivity index (χ3n) is 2.24. The van der Waals surface area contributed by atoms with Gasteiger partial charge in [0.25, 0.3) is 0 Å². The summed E-state index contributed by atoms with van der Waals surface area (Å²) in [5.74, 6) is 0. The maximum atomic E-state index is 5.32. The van der Waals surface area contributed by atoms with Crippen molar-refractivity contribution in [2.24, 2.45) is 5.41 Å².